The molecule has 0 saturated heterocycles. The highest BCUT2D eigenvalue weighted by atomic mass is 32.2. The summed E-state index contributed by atoms with van der Waals surface area (Å²) in [5, 5.41) is 3.10. The monoisotopic (exact) mass is 625 g/mol. The molecule has 5 rings (SSSR count). The number of benzene rings is 4. The van der Waals surface area contributed by atoms with Crippen LogP contribution in [0.3, 0.4) is 0 Å². The van der Waals surface area contributed by atoms with E-state index in [0.29, 0.717) is 17.2 Å². The summed E-state index contributed by atoms with van der Waals surface area (Å²) < 4.78 is 35.1. The summed E-state index contributed by atoms with van der Waals surface area (Å²) in [6, 6.07) is 30.9. The van der Waals surface area contributed by atoms with Crippen LogP contribution < -0.4 is 14.4 Å². The minimum Gasteiger partial charge on any atom is -0.457 e. The lowest BCUT2D eigenvalue weighted by Crippen LogP contribution is -2.52. The molecule has 1 aliphatic carbocycles. The molecule has 1 atom stereocenters. The van der Waals surface area contributed by atoms with Gasteiger partial charge in [-0.2, -0.15) is 0 Å². The highest BCUT2D eigenvalue weighted by Crippen LogP contribution is 2.29. The minimum absolute atomic E-state index is 0.0553. The van der Waals surface area contributed by atoms with Crippen LogP contribution in [0.25, 0.3) is 0 Å². The molecule has 45 heavy (non-hydrogen) atoms. The number of nitrogens with one attached hydrogen (secondary N) is 1. The number of amides is 2. The molecule has 8 nitrogen and oxygen atoms in total. The number of hydrogen-bond donors (Lipinski definition) is 1. The Morgan fingerprint density at radius 2 is 1.47 bits per heavy atom. The van der Waals surface area contributed by atoms with E-state index in [1.807, 2.05) is 61.5 Å². The lowest BCUT2D eigenvalue weighted by Gasteiger charge is -2.32. The fraction of sp³-hybridized carbons (Fsp3) is 0.278. The molecular weight excluding hydrogens is 586 g/mol. The van der Waals surface area contributed by atoms with Gasteiger partial charge in [0, 0.05) is 12.6 Å². The predicted octanol–water partition coefficient (Wildman–Crippen LogP) is 6.46. The molecule has 1 N–H and O–H groups in total. The van der Waals surface area contributed by atoms with E-state index in [1.165, 1.54) is 17.0 Å². The van der Waals surface area contributed by atoms with Crippen molar-refractivity contribution in [3.63, 3.8) is 0 Å². The van der Waals surface area contributed by atoms with Crippen molar-refractivity contribution >= 4 is 27.5 Å². The Bertz CT molecular complexity index is 1690. The van der Waals surface area contributed by atoms with Crippen LogP contribution in [-0.2, 0) is 26.2 Å². The molecule has 0 unspecified atom stereocenters. The molecule has 0 radical (unpaired) electrons. The fourth-order valence-electron chi connectivity index (χ4n) is 5.54. The average Bonchev–Trinajstić information content (AvgIpc) is 3.56. The van der Waals surface area contributed by atoms with Crippen molar-refractivity contribution in [2.45, 2.75) is 63.1 Å². The van der Waals surface area contributed by atoms with Crippen molar-refractivity contribution in [1.29, 1.82) is 0 Å². The van der Waals surface area contributed by atoms with Gasteiger partial charge >= 0.3 is 0 Å². The van der Waals surface area contributed by atoms with Crippen molar-refractivity contribution in [2.75, 3.05) is 10.8 Å². The molecule has 4 aromatic carbocycles. The lowest BCUT2D eigenvalue weighted by molar-refractivity contribution is -0.139. The number of sulfonamides is 1. The first kappa shape index (κ1) is 31.8. The van der Waals surface area contributed by atoms with Gasteiger partial charge in [-0.15, -0.1) is 0 Å². The largest absolute Gasteiger partial charge is 0.457 e. The fourth-order valence-corrected chi connectivity index (χ4v) is 6.97. The number of rotatable bonds is 12. The second-order valence-corrected chi connectivity index (χ2v) is 13.3. The van der Waals surface area contributed by atoms with Gasteiger partial charge in [-0.05, 0) is 80.8 Å². The number of hydrogen-bond acceptors (Lipinski definition) is 5. The van der Waals surface area contributed by atoms with Gasteiger partial charge in [0.15, 0.2) is 0 Å². The molecular formula is C36H39N3O5S. The van der Waals surface area contributed by atoms with Crippen LogP contribution in [0.2, 0.25) is 0 Å². The number of carbonyl (C=O) groups excluding carboxylic acids is 2. The third-order valence-corrected chi connectivity index (χ3v) is 9.81. The van der Waals surface area contributed by atoms with E-state index >= 15 is 0 Å². The van der Waals surface area contributed by atoms with Gasteiger partial charge in [0.25, 0.3) is 10.0 Å². The minimum atomic E-state index is -4.15. The van der Waals surface area contributed by atoms with Crippen molar-refractivity contribution in [2.24, 2.45) is 0 Å². The number of para-hydroxylation sites is 1. The van der Waals surface area contributed by atoms with Gasteiger partial charge in [-0.1, -0.05) is 79.1 Å². The summed E-state index contributed by atoms with van der Waals surface area (Å²) >= 11 is 0. The van der Waals surface area contributed by atoms with Crippen molar-refractivity contribution in [1.82, 2.24) is 10.2 Å². The molecule has 0 heterocycles. The van der Waals surface area contributed by atoms with E-state index in [0.717, 1.165) is 41.1 Å². The first-order valence-corrected chi connectivity index (χ1v) is 16.7. The Labute approximate surface area is 265 Å². The van der Waals surface area contributed by atoms with Crippen LogP contribution in [0, 0.1) is 6.92 Å². The predicted molar refractivity (Wildman–Crippen MR) is 176 cm³/mol. The molecule has 234 valence electrons. The molecule has 1 fully saturated rings. The lowest BCUT2D eigenvalue weighted by atomic mass is 10.1. The quantitative estimate of drug-likeness (QED) is 0.195. The molecule has 9 heteroatoms. The summed E-state index contributed by atoms with van der Waals surface area (Å²) in [6.45, 7) is 3.32. The van der Waals surface area contributed by atoms with Gasteiger partial charge in [-0.3, -0.25) is 13.9 Å². The third-order valence-electron chi connectivity index (χ3n) is 8.02. The van der Waals surface area contributed by atoms with Gasteiger partial charge in [0.05, 0.1) is 10.6 Å². The van der Waals surface area contributed by atoms with Gasteiger partial charge < -0.3 is 15.0 Å². The zero-order valence-electron chi connectivity index (χ0n) is 25.6. The van der Waals surface area contributed by atoms with Crippen LogP contribution in [0.15, 0.2) is 114 Å². The second-order valence-electron chi connectivity index (χ2n) is 11.4. The Hall–Kier alpha value is -4.63. The average molecular weight is 626 g/mol. The van der Waals surface area contributed by atoms with Crippen LogP contribution in [0.1, 0.15) is 43.7 Å². The Kier molecular flexibility index (Phi) is 10.2. The molecule has 0 aromatic heterocycles. The Morgan fingerprint density at radius 3 is 2.11 bits per heavy atom. The van der Waals surface area contributed by atoms with Gasteiger partial charge in [0.2, 0.25) is 11.8 Å². The van der Waals surface area contributed by atoms with E-state index < -0.39 is 28.5 Å². The van der Waals surface area contributed by atoms with E-state index in [2.05, 4.69) is 5.32 Å². The summed E-state index contributed by atoms with van der Waals surface area (Å²) in [5.41, 5.74) is 2.17. The smallest absolute Gasteiger partial charge is 0.264 e. The number of aryl methyl sites for hydroxylation is 1. The molecule has 4 aromatic rings. The maximum atomic E-state index is 14.2. The topological polar surface area (TPSA) is 96.0 Å². The van der Waals surface area contributed by atoms with Crippen LogP contribution in [-0.4, -0.2) is 43.8 Å². The standard InChI is InChI=1S/C36H39N3O5S/c1-27-12-11-13-29(24-27)25-38(28(2)36(41)37-30-14-9-10-15-30)35(40)26-39(45(42,43)34-18-7-4-8-19-34)31-20-22-33(23-21-31)44-32-16-5-3-6-17-32/h3-8,11-13,16-24,28,30H,9-10,14-15,25-26H2,1-2H3,(H,37,41)/t28-/m0/s1. The maximum absolute atomic E-state index is 14.2. The van der Waals surface area contributed by atoms with Crippen LogP contribution >= 0.6 is 0 Å². The van der Waals surface area contributed by atoms with E-state index in [1.54, 1.807) is 49.4 Å². The molecule has 1 saturated carbocycles. The van der Waals surface area contributed by atoms with Crippen LogP contribution in [0.4, 0.5) is 5.69 Å². The first-order valence-electron chi connectivity index (χ1n) is 15.3. The van der Waals surface area contributed by atoms with E-state index in [-0.39, 0.29) is 23.4 Å². The molecule has 0 aliphatic heterocycles. The third kappa shape index (κ3) is 8.10. The number of nitrogens with zero attached hydrogens (tertiary/aromatic N) is 2. The zero-order chi connectivity index (χ0) is 31.8. The number of ether oxygens (including phenoxy) is 1. The Balaban J connectivity index is 1.46. The Morgan fingerprint density at radius 1 is 0.844 bits per heavy atom. The molecule has 1 aliphatic rings. The van der Waals surface area contributed by atoms with Crippen molar-refractivity contribution < 1.29 is 22.7 Å². The van der Waals surface area contributed by atoms with Crippen molar-refractivity contribution in [3.05, 3.63) is 120 Å². The maximum Gasteiger partial charge on any atom is 0.264 e. The van der Waals surface area contributed by atoms with Crippen LogP contribution in [0.5, 0.6) is 11.5 Å². The summed E-state index contributed by atoms with van der Waals surface area (Å²) in [5.74, 6) is 0.426. The summed E-state index contributed by atoms with van der Waals surface area (Å²) in [6.07, 6.45) is 3.95. The highest BCUT2D eigenvalue weighted by molar-refractivity contribution is 7.92. The molecule has 2 amide bonds. The normalized spacial score (nSPS) is 14.0. The summed E-state index contributed by atoms with van der Waals surface area (Å²) in [7, 11) is -4.15. The van der Waals surface area contributed by atoms with E-state index in [9.17, 15) is 18.0 Å². The number of carbonyl (C=O) groups is 2. The van der Waals surface area contributed by atoms with E-state index in [4.69, 9.17) is 4.74 Å². The molecule has 0 bridgehead atoms. The van der Waals surface area contributed by atoms with Crippen molar-refractivity contribution in [3.8, 4) is 11.5 Å². The highest BCUT2D eigenvalue weighted by Gasteiger charge is 2.33. The van der Waals surface area contributed by atoms with Gasteiger partial charge in [0.1, 0.15) is 24.1 Å². The zero-order valence-corrected chi connectivity index (χ0v) is 26.5. The second kappa shape index (κ2) is 14.4. The van der Waals surface area contributed by atoms with Gasteiger partial charge in [-0.25, -0.2) is 8.42 Å². The summed E-state index contributed by atoms with van der Waals surface area (Å²) in [4.78, 5) is 29.1. The molecule has 0 spiro atoms. The first-order chi connectivity index (χ1) is 21.7. The number of anilines is 1. The SMILES string of the molecule is Cc1cccc(CN(C(=O)CN(c2ccc(Oc3ccccc3)cc2)S(=O)(=O)c2ccccc2)[C@@H](C)C(=O)NC2CCCC2)c1.